The number of nitrogens with zero attached hydrogens (tertiary/aromatic N) is 2. The highest BCUT2D eigenvalue weighted by atomic mass is 16.5. The summed E-state index contributed by atoms with van der Waals surface area (Å²) in [7, 11) is 0. The van der Waals surface area contributed by atoms with Gasteiger partial charge in [-0.25, -0.2) is 4.98 Å². The minimum atomic E-state index is 0.226. The standard InChI is InChI=1S/C10H16N2O/c1-10(2,3)8-6-13-7-12-5-4-11-9(8)12/h4-5,8H,6-7H2,1-3H3. The van der Waals surface area contributed by atoms with Crippen molar-refractivity contribution in [3.63, 3.8) is 0 Å². The van der Waals surface area contributed by atoms with Crippen molar-refractivity contribution in [1.82, 2.24) is 9.55 Å². The van der Waals surface area contributed by atoms with Gasteiger partial charge in [0.2, 0.25) is 0 Å². The second-order valence-corrected chi connectivity index (χ2v) is 4.67. The van der Waals surface area contributed by atoms with Gasteiger partial charge in [-0.15, -0.1) is 0 Å². The molecule has 1 aromatic rings. The molecule has 13 heavy (non-hydrogen) atoms. The van der Waals surface area contributed by atoms with Crippen LogP contribution < -0.4 is 0 Å². The summed E-state index contributed by atoms with van der Waals surface area (Å²) in [5, 5.41) is 0. The zero-order chi connectivity index (χ0) is 9.47. The Bertz CT molecular complexity index is 298. The van der Waals surface area contributed by atoms with E-state index in [2.05, 4.69) is 30.3 Å². The van der Waals surface area contributed by atoms with E-state index >= 15 is 0 Å². The molecule has 0 bridgehead atoms. The molecule has 0 aliphatic carbocycles. The van der Waals surface area contributed by atoms with E-state index in [1.807, 2.05) is 12.4 Å². The van der Waals surface area contributed by atoms with Crippen LogP contribution in [0.25, 0.3) is 0 Å². The Hall–Kier alpha value is -0.830. The molecule has 72 valence electrons. The molecule has 0 spiro atoms. The van der Waals surface area contributed by atoms with Gasteiger partial charge in [0.1, 0.15) is 12.6 Å². The van der Waals surface area contributed by atoms with E-state index in [-0.39, 0.29) is 5.41 Å². The predicted molar refractivity (Wildman–Crippen MR) is 50.4 cm³/mol. The van der Waals surface area contributed by atoms with E-state index in [1.54, 1.807) is 0 Å². The molecule has 0 saturated heterocycles. The molecule has 0 radical (unpaired) electrons. The zero-order valence-corrected chi connectivity index (χ0v) is 8.45. The third kappa shape index (κ3) is 1.48. The Balaban J connectivity index is 2.35. The maximum absolute atomic E-state index is 5.52. The molecule has 0 fully saturated rings. The van der Waals surface area contributed by atoms with Crippen LogP contribution in [0, 0.1) is 5.41 Å². The molecule has 1 aliphatic rings. The molecule has 0 saturated carbocycles. The molecule has 2 heterocycles. The van der Waals surface area contributed by atoms with Crippen LogP contribution in [-0.2, 0) is 11.5 Å². The highest BCUT2D eigenvalue weighted by molar-refractivity contribution is 5.06. The van der Waals surface area contributed by atoms with E-state index in [1.165, 1.54) is 5.82 Å². The fourth-order valence-corrected chi connectivity index (χ4v) is 1.72. The van der Waals surface area contributed by atoms with Gasteiger partial charge < -0.3 is 9.30 Å². The summed E-state index contributed by atoms with van der Waals surface area (Å²) < 4.78 is 7.60. The van der Waals surface area contributed by atoms with Crippen molar-refractivity contribution in [2.24, 2.45) is 5.41 Å². The van der Waals surface area contributed by atoms with E-state index in [0.717, 1.165) is 6.61 Å². The van der Waals surface area contributed by atoms with Crippen LogP contribution in [0.3, 0.4) is 0 Å². The highest BCUT2D eigenvalue weighted by Crippen LogP contribution is 2.36. The van der Waals surface area contributed by atoms with E-state index in [9.17, 15) is 0 Å². The molecule has 1 unspecified atom stereocenters. The van der Waals surface area contributed by atoms with Crippen molar-refractivity contribution < 1.29 is 4.74 Å². The summed E-state index contributed by atoms with van der Waals surface area (Å²) in [5.74, 6) is 1.58. The highest BCUT2D eigenvalue weighted by Gasteiger charge is 2.32. The largest absolute Gasteiger partial charge is 0.360 e. The second-order valence-electron chi connectivity index (χ2n) is 4.67. The fourth-order valence-electron chi connectivity index (χ4n) is 1.72. The van der Waals surface area contributed by atoms with Gasteiger partial charge in [0, 0.05) is 18.3 Å². The van der Waals surface area contributed by atoms with Crippen LogP contribution >= 0.6 is 0 Å². The van der Waals surface area contributed by atoms with Crippen molar-refractivity contribution in [1.29, 1.82) is 0 Å². The van der Waals surface area contributed by atoms with Crippen LogP contribution in [0.15, 0.2) is 12.4 Å². The molecule has 0 N–H and O–H groups in total. The molecule has 1 atom stereocenters. The number of ether oxygens (including phenoxy) is 1. The average Bonchev–Trinajstić information content (AvgIpc) is 2.48. The SMILES string of the molecule is CC(C)(C)C1COCn2ccnc21. The van der Waals surface area contributed by atoms with Crippen LogP contribution in [0.1, 0.15) is 32.5 Å². The Labute approximate surface area is 78.7 Å². The third-order valence-corrected chi connectivity index (χ3v) is 2.62. The fraction of sp³-hybridized carbons (Fsp3) is 0.700. The quantitative estimate of drug-likeness (QED) is 0.610. The zero-order valence-electron chi connectivity index (χ0n) is 8.45. The average molecular weight is 180 g/mol. The third-order valence-electron chi connectivity index (χ3n) is 2.62. The van der Waals surface area contributed by atoms with E-state index in [4.69, 9.17) is 4.74 Å². The number of rotatable bonds is 0. The number of imidazole rings is 1. The molecule has 3 heteroatoms. The molecule has 3 nitrogen and oxygen atoms in total. The predicted octanol–water partition coefficient (Wildman–Crippen LogP) is 2.00. The summed E-state index contributed by atoms with van der Waals surface area (Å²) in [6, 6.07) is 0. The first-order chi connectivity index (χ1) is 6.09. The normalized spacial score (nSPS) is 22.8. The van der Waals surface area contributed by atoms with Crippen LogP contribution in [-0.4, -0.2) is 16.2 Å². The summed E-state index contributed by atoms with van der Waals surface area (Å²) in [6.07, 6.45) is 3.83. The van der Waals surface area contributed by atoms with Crippen LogP contribution in [0.2, 0.25) is 0 Å². The van der Waals surface area contributed by atoms with Crippen LogP contribution in [0.4, 0.5) is 0 Å². The molecule has 1 aliphatic heterocycles. The van der Waals surface area contributed by atoms with Gasteiger partial charge in [0.05, 0.1) is 6.61 Å². The van der Waals surface area contributed by atoms with Crippen molar-refractivity contribution in [2.75, 3.05) is 6.61 Å². The summed E-state index contributed by atoms with van der Waals surface area (Å²) in [5.41, 5.74) is 0.226. The molecule has 0 amide bonds. The maximum Gasteiger partial charge on any atom is 0.124 e. The maximum atomic E-state index is 5.52. The molecular formula is C10H16N2O. The first-order valence-corrected chi connectivity index (χ1v) is 4.68. The minimum absolute atomic E-state index is 0.226. The molecule has 1 aromatic heterocycles. The Morgan fingerprint density at radius 3 is 3.00 bits per heavy atom. The first kappa shape index (κ1) is 8.75. The minimum Gasteiger partial charge on any atom is -0.360 e. The van der Waals surface area contributed by atoms with Crippen molar-refractivity contribution in [2.45, 2.75) is 33.4 Å². The Morgan fingerprint density at radius 2 is 2.31 bits per heavy atom. The van der Waals surface area contributed by atoms with Crippen molar-refractivity contribution in [3.05, 3.63) is 18.2 Å². The molecular weight excluding hydrogens is 164 g/mol. The summed E-state index contributed by atoms with van der Waals surface area (Å²) in [4.78, 5) is 4.39. The first-order valence-electron chi connectivity index (χ1n) is 4.68. The monoisotopic (exact) mass is 180 g/mol. The number of hydrogen-bond donors (Lipinski definition) is 0. The van der Waals surface area contributed by atoms with Gasteiger partial charge in [-0.1, -0.05) is 20.8 Å². The van der Waals surface area contributed by atoms with Gasteiger partial charge in [-0.2, -0.15) is 0 Å². The van der Waals surface area contributed by atoms with Gasteiger partial charge in [-0.3, -0.25) is 0 Å². The summed E-state index contributed by atoms with van der Waals surface area (Å²) in [6.45, 7) is 8.13. The van der Waals surface area contributed by atoms with E-state index < -0.39 is 0 Å². The molecule has 0 aromatic carbocycles. The van der Waals surface area contributed by atoms with Gasteiger partial charge in [0.25, 0.3) is 0 Å². The van der Waals surface area contributed by atoms with Crippen LogP contribution in [0.5, 0.6) is 0 Å². The second kappa shape index (κ2) is 2.84. The topological polar surface area (TPSA) is 27.1 Å². The van der Waals surface area contributed by atoms with Crippen molar-refractivity contribution in [3.8, 4) is 0 Å². The Morgan fingerprint density at radius 1 is 1.54 bits per heavy atom. The number of aromatic nitrogens is 2. The van der Waals surface area contributed by atoms with Gasteiger partial charge >= 0.3 is 0 Å². The van der Waals surface area contributed by atoms with E-state index in [0.29, 0.717) is 12.6 Å². The Kier molecular flexibility index (Phi) is 1.91. The smallest absolute Gasteiger partial charge is 0.124 e. The lowest BCUT2D eigenvalue weighted by molar-refractivity contribution is 0.0115. The lowest BCUT2D eigenvalue weighted by atomic mass is 9.80. The van der Waals surface area contributed by atoms with Crippen molar-refractivity contribution >= 4 is 0 Å². The summed E-state index contributed by atoms with van der Waals surface area (Å²) >= 11 is 0. The molecule has 2 rings (SSSR count). The lowest BCUT2D eigenvalue weighted by Gasteiger charge is -2.33. The van der Waals surface area contributed by atoms with Gasteiger partial charge in [0.15, 0.2) is 0 Å². The van der Waals surface area contributed by atoms with Gasteiger partial charge in [-0.05, 0) is 5.41 Å². The number of fused-ring (bicyclic) bond motifs is 1. The number of hydrogen-bond acceptors (Lipinski definition) is 2. The lowest BCUT2D eigenvalue weighted by Crippen LogP contribution is -2.30.